The number of nitrogens with zero attached hydrogens (tertiary/aromatic N) is 6. The Hall–Kier alpha value is -8.61. The van der Waals surface area contributed by atoms with Gasteiger partial charge in [-0.1, -0.05) is 194 Å². The fraction of sp³-hybridized carbons (Fsp3) is 0. The molecule has 6 heteroatoms. The van der Waals surface area contributed by atoms with Crippen molar-refractivity contribution in [2.45, 2.75) is 0 Å². The van der Waals surface area contributed by atoms with Gasteiger partial charge in [-0.05, 0) is 40.1 Å². The Morgan fingerprint density at radius 1 is 0.302 bits per heavy atom. The minimum Gasteiger partial charge on any atom is -0.298 e. The fourth-order valence-electron chi connectivity index (χ4n) is 8.74. The quantitative estimate of drug-likeness (QED) is 0.150. The lowest BCUT2D eigenvalue weighted by molar-refractivity contribution is 1.07. The van der Waals surface area contributed by atoms with Gasteiger partial charge >= 0.3 is 0 Å². The first-order valence-electron chi connectivity index (χ1n) is 21.1. The van der Waals surface area contributed by atoms with Crippen molar-refractivity contribution >= 4 is 38.1 Å². The van der Waals surface area contributed by atoms with E-state index in [-0.39, 0.29) is 0 Å². The standard InChI is InChI=1S/C57H36N6/c1-5-16-39(17-6-1)51-48-33-34-63-53(46-30-27-37-15-13-14-24-44(37)35-46)52(40-18-7-2-8-19-40)59-57(63)50(48)47-32-31-45(36-49(47)58-51)38-25-28-43(29-26-38)56-61-54(41-20-9-3-10-21-41)60-55(62-56)42-22-11-4-12-23-42/h1-36H. The van der Waals surface area contributed by atoms with Crippen molar-refractivity contribution in [3.05, 3.63) is 219 Å². The van der Waals surface area contributed by atoms with E-state index in [0.29, 0.717) is 17.5 Å². The molecule has 6 nitrogen and oxygen atoms in total. The van der Waals surface area contributed by atoms with Gasteiger partial charge in [0.05, 0.1) is 22.6 Å². The number of fused-ring (bicyclic) bond motifs is 6. The molecule has 0 saturated carbocycles. The first kappa shape index (κ1) is 36.3. The number of rotatable bonds is 7. The molecule has 0 amide bonds. The molecule has 0 radical (unpaired) electrons. The molecule has 0 aliphatic heterocycles. The highest BCUT2D eigenvalue weighted by atomic mass is 15.0. The number of imidazole rings is 1. The van der Waals surface area contributed by atoms with E-state index in [1.807, 2.05) is 66.7 Å². The third-order valence-electron chi connectivity index (χ3n) is 11.8. The Balaban J connectivity index is 1.02. The summed E-state index contributed by atoms with van der Waals surface area (Å²) in [5.41, 5.74) is 12.8. The fourth-order valence-corrected chi connectivity index (χ4v) is 8.74. The Bertz CT molecular complexity index is 3590. The van der Waals surface area contributed by atoms with Gasteiger partial charge in [-0.25, -0.2) is 24.9 Å². The van der Waals surface area contributed by atoms with E-state index in [1.165, 1.54) is 10.8 Å². The van der Waals surface area contributed by atoms with Crippen LogP contribution in [0.1, 0.15) is 0 Å². The largest absolute Gasteiger partial charge is 0.298 e. The van der Waals surface area contributed by atoms with E-state index < -0.39 is 0 Å². The molecule has 0 N–H and O–H groups in total. The predicted molar refractivity (Wildman–Crippen MR) is 257 cm³/mol. The Kier molecular flexibility index (Phi) is 8.71. The monoisotopic (exact) mass is 804 g/mol. The normalized spacial score (nSPS) is 11.5. The van der Waals surface area contributed by atoms with Crippen LogP contribution in [0, 0.1) is 0 Å². The summed E-state index contributed by atoms with van der Waals surface area (Å²) < 4.78 is 2.27. The predicted octanol–water partition coefficient (Wildman–Crippen LogP) is 14.0. The maximum Gasteiger partial charge on any atom is 0.164 e. The molecule has 0 unspecified atom stereocenters. The molecule has 0 aliphatic rings. The van der Waals surface area contributed by atoms with E-state index >= 15 is 0 Å². The van der Waals surface area contributed by atoms with E-state index in [0.717, 1.165) is 88.9 Å². The van der Waals surface area contributed by atoms with Crippen molar-refractivity contribution < 1.29 is 0 Å². The van der Waals surface area contributed by atoms with Gasteiger partial charge in [0.15, 0.2) is 17.5 Å². The van der Waals surface area contributed by atoms with Gasteiger partial charge < -0.3 is 0 Å². The molecule has 12 aromatic rings. The molecule has 0 atom stereocenters. The van der Waals surface area contributed by atoms with Crippen LogP contribution in [-0.4, -0.2) is 29.3 Å². The summed E-state index contributed by atoms with van der Waals surface area (Å²) in [5.74, 6) is 1.89. The summed E-state index contributed by atoms with van der Waals surface area (Å²) in [6.45, 7) is 0. The summed E-state index contributed by atoms with van der Waals surface area (Å²) in [4.78, 5) is 25.8. The molecule has 4 heterocycles. The summed E-state index contributed by atoms with van der Waals surface area (Å²) in [6.07, 6.45) is 2.16. The summed E-state index contributed by atoms with van der Waals surface area (Å²) in [5, 5.41) is 5.54. The van der Waals surface area contributed by atoms with E-state index in [1.54, 1.807) is 0 Å². The molecule has 0 aliphatic carbocycles. The van der Waals surface area contributed by atoms with Gasteiger partial charge in [0.2, 0.25) is 0 Å². The van der Waals surface area contributed by atoms with Crippen molar-refractivity contribution in [3.8, 4) is 79.1 Å². The Morgan fingerprint density at radius 3 is 1.41 bits per heavy atom. The zero-order chi connectivity index (χ0) is 41.7. The molecule has 4 aromatic heterocycles. The average molecular weight is 805 g/mol. The van der Waals surface area contributed by atoms with Crippen molar-refractivity contribution in [3.63, 3.8) is 0 Å². The minimum absolute atomic E-state index is 0.620. The van der Waals surface area contributed by atoms with E-state index in [2.05, 4.69) is 156 Å². The SMILES string of the molecule is c1ccc(-c2nc(-c3ccccc3)nc(-c3ccc(-c4ccc5c(c4)nc(-c4ccccc4)c4ccn6c(-c7ccc8ccccc8c7)c(-c7ccccc7)nc6c45)cc3)n2)cc1. The van der Waals surface area contributed by atoms with Gasteiger partial charge in [0.25, 0.3) is 0 Å². The van der Waals surface area contributed by atoms with Crippen LogP contribution in [-0.2, 0) is 0 Å². The molecule has 294 valence electrons. The molecule has 63 heavy (non-hydrogen) atoms. The topological polar surface area (TPSA) is 68.9 Å². The van der Waals surface area contributed by atoms with Crippen molar-refractivity contribution in [1.82, 2.24) is 29.3 Å². The Morgan fingerprint density at radius 2 is 0.794 bits per heavy atom. The van der Waals surface area contributed by atoms with Crippen LogP contribution in [0.4, 0.5) is 0 Å². The second-order valence-corrected chi connectivity index (χ2v) is 15.7. The lowest BCUT2D eigenvalue weighted by Gasteiger charge is -2.13. The first-order chi connectivity index (χ1) is 31.2. The molecular weight excluding hydrogens is 769 g/mol. The minimum atomic E-state index is 0.620. The molecule has 0 saturated heterocycles. The van der Waals surface area contributed by atoms with Gasteiger partial charge in [0.1, 0.15) is 5.65 Å². The second kappa shape index (κ2) is 15.1. The number of hydrogen-bond donors (Lipinski definition) is 0. The summed E-state index contributed by atoms with van der Waals surface area (Å²) in [6, 6.07) is 73.6. The average Bonchev–Trinajstić information content (AvgIpc) is 3.77. The number of hydrogen-bond acceptors (Lipinski definition) is 5. The number of benzene rings is 8. The molecule has 0 bridgehead atoms. The number of pyridine rings is 2. The molecule has 0 fully saturated rings. The maximum atomic E-state index is 5.54. The van der Waals surface area contributed by atoms with Gasteiger partial charge in [-0.3, -0.25) is 4.40 Å². The third kappa shape index (κ3) is 6.49. The van der Waals surface area contributed by atoms with Crippen LogP contribution in [0.5, 0.6) is 0 Å². The van der Waals surface area contributed by atoms with E-state index in [4.69, 9.17) is 24.9 Å². The molecular formula is C57H36N6. The number of aromatic nitrogens is 6. The lowest BCUT2D eigenvalue weighted by atomic mass is 9.97. The maximum absolute atomic E-state index is 5.54. The first-order valence-corrected chi connectivity index (χ1v) is 21.1. The van der Waals surface area contributed by atoms with Gasteiger partial charge in [-0.2, -0.15) is 0 Å². The van der Waals surface area contributed by atoms with Crippen molar-refractivity contribution in [2.75, 3.05) is 0 Å². The summed E-state index contributed by atoms with van der Waals surface area (Å²) >= 11 is 0. The summed E-state index contributed by atoms with van der Waals surface area (Å²) in [7, 11) is 0. The molecule has 8 aromatic carbocycles. The van der Waals surface area contributed by atoms with Gasteiger partial charge in [-0.15, -0.1) is 0 Å². The highest BCUT2D eigenvalue weighted by Gasteiger charge is 2.22. The zero-order valence-corrected chi connectivity index (χ0v) is 34.0. The van der Waals surface area contributed by atoms with Crippen LogP contribution in [0.3, 0.4) is 0 Å². The van der Waals surface area contributed by atoms with Crippen LogP contribution in [0.2, 0.25) is 0 Å². The molecule has 0 spiro atoms. The second-order valence-electron chi connectivity index (χ2n) is 15.7. The third-order valence-corrected chi connectivity index (χ3v) is 11.8. The van der Waals surface area contributed by atoms with E-state index in [9.17, 15) is 0 Å². The van der Waals surface area contributed by atoms with Crippen LogP contribution in [0.25, 0.3) is 117 Å². The zero-order valence-electron chi connectivity index (χ0n) is 34.0. The van der Waals surface area contributed by atoms with Gasteiger partial charge in [0, 0.05) is 55.7 Å². The Labute approximate surface area is 363 Å². The molecule has 12 rings (SSSR count). The van der Waals surface area contributed by atoms with Crippen LogP contribution in [0.15, 0.2) is 219 Å². The van der Waals surface area contributed by atoms with Crippen LogP contribution >= 0.6 is 0 Å². The van der Waals surface area contributed by atoms with Crippen LogP contribution < -0.4 is 0 Å². The highest BCUT2D eigenvalue weighted by molar-refractivity contribution is 6.18. The smallest absolute Gasteiger partial charge is 0.164 e. The lowest BCUT2D eigenvalue weighted by Crippen LogP contribution is -2.00. The van der Waals surface area contributed by atoms with Crippen molar-refractivity contribution in [1.29, 1.82) is 0 Å². The van der Waals surface area contributed by atoms with Crippen molar-refractivity contribution in [2.24, 2.45) is 0 Å². The highest BCUT2D eigenvalue weighted by Crippen LogP contribution is 2.41.